The first-order chi connectivity index (χ1) is 7.99. The van der Waals surface area contributed by atoms with Crippen molar-refractivity contribution >= 4 is 35.4 Å². The fourth-order valence-electron chi connectivity index (χ4n) is 1.53. The third-order valence-corrected chi connectivity index (χ3v) is 3.56. The van der Waals surface area contributed by atoms with Crippen LogP contribution in [0.15, 0.2) is 24.3 Å². The first-order valence-electron chi connectivity index (χ1n) is 5.26. The predicted molar refractivity (Wildman–Crippen MR) is 75.1 cm³/mol. The molecular weight excluding hydrogens is 275 g/mol. The van der Waals surface area contributed by atoms with Gasteiger partial charge in [0.2, 0.25) is 0 Å². The summed E-state index contributed by atoms with van der Waals surface area (Å²) < 4.78 is 2.56. The van der Waals surface area contributed by atoms with Crippen LogP contribution in [-0.4, -0.2) is 9.78 Å². The van der Waals surface area contributed by atoms with E-state index >= 15 is 0 Å². The van der Waals surface area contributed by atoms with Crippen molar-refractivity contribution in [3.05, 3.63) is 44.6 Å². The Morgan fingerprint density at radius 1 is 1.18 bits per heavy atom. The van der Waals surface area contributed by atoms with Gasteiger partial charge in [0.05, 0.1) is 15.7 Å². The van der Waals surface area contributed by atoms with Crippen molar-refractivity contribution in [1.82, 2.24) is 9.78 Å². The Labute approximate surface area is 115 Å². The molecule has 5 heteroatoms. The standard InChI is InChI=1S/C12H12Cl2N2S/c1-7(2)11-6-12(17)16(15-11)8-3-4-9(13)10(14)5-8/h3-7,15H,1-2H3. The molecule has 0 spiro atoms. The van der Waals surface area contributed by atoms with Gasteiger partial charge in [0.25, 0.3) is 0 Å². The zero-order valence-corrected chi connectivity index (χ0v) is 11.8. The van der Waals surface area contributed by atoms with Gasteiger partial charge in [-0.1, -0.05) is 49.3 Å². The van der Waals surface area contributed by atoms with Crippen LogP contribution in [-0.2, 0) is 0 Å². The van der Waals surface area contributed by atoms with Crippen LogP contribution in [0.25, 0.3) is 5.69 Å². The van der Waals surface area contributed by atoms with Gasteiger partial charge < -0.3 is 0 Å². The first-order valence-corrected chi connectivity index (χ1v) is 6.43. The fourth-order valence-corrected chi connectivity index (χ4v) is 2.10. The third-order valence-electron chi connectivity index (χ3n) is 2.52. The zero-order chi connectivity index (χ0) is 12.6. The number of aromatic amines is 1. The van der Waals surface area contributed by atoms with E-state index in [0.29, 0.717) is 16.0 Å². The lowest BCUT2D eigenvalue weighted by Crippen LogP contribution is -1.98. The average Bonchev–Trinajstić information content (AvgIpc) is 2.65. The maximum Gasteiger partial charge on any atom is 0.127 e. The maximum atomic E-state index is 5.99. The summed E-state index contributed by atoms with van der Waals surface area (Å²) in [6.07, 6.45) is 0. The first kappa shape index (κ1) is 12.7. The van der Waals surface area contributed by atoms with Gasteiger partial charge in [-0.3, -0.25) is 5.10 Å². The molecule has 1 N–H and O–H groups in total. The number of H-pyrrole nitrogens is 1. The van der Waals surface area contributed by atoms with E-state index in [4.69, 9.17) is 35.4 Å². The molecule has 2 rings (SSSR count). The van der Waals surface area contributed by atoms with Crippen LogP contribution >= 0.6 is 35.4 Å². The summed E-state index contributed by atoms with van der Waals surface area (Å²) in [7, 11) is 0. The number of halogens is 2. The predicted octanol–water partition coefficient (Wildman–Crippen LogP) is 4.97. The van der Waals surface area contributed by atoms with Gasteiger partial charge in [-0.05, 0) is 30.2 Å². The van der Waals surface area contributed by atoms with Crippen LogP contribution in [0.5, 0.6) is 0 Å². The molecule has 1 aromatic carbocycles. The second kappa shape index (κ2) is 4.84. The van der Waals surface area contributed by atoms with E-state index in [9.17, 15) is 0 Å². The minimum atomic E-state index is 0.403. The van der Waals surface area contributed by atoms with Crippen molar-refractivity contribution in [2.24, 2.45) is 0 Å². The van der Waals surface area contributed by atoms with Crippen LogP contribution in [0.3, 0.4) is 0 Å². The highest BCUT2D eigenvalue weighted by atomic mass is 35.5. The summed E-state index contributed by atoms with van der Waals surface area (Å²) in [4.78, 5) is 0. The van der Waals surface area contributed by atoms with Gasteiger partial charge >= 0.3 is 0 Å². The number of nitrogens with zero attached hydrogens (tertiary/aromatic N) is 1. The summed E-state index contributed by atoms with van der Waals surface area (Å²) in [5.74, 6) is 0.403. The average molecular weight is 287 g/mol. The maximum absolute atomic E-state index is 5.99. The number of rotatable bonds is 2. The summed E-state index contributed by atoms with van der Waals surface area (Å²) in [6.45, 7) is 4.22. The summed E-state index contributed by atoms with van der Waals surface area (Å²) in [6, 6.07) is 7.39. The minimum absolute atomic E-state index is 0.403. The molecule has 0 saturated heterocycles. The van der Waals surface area contributed by atoms with E-state index in [1.165, 1.54) is 0 Å². The normalized spacial score (nSPS) is 11.1. The lowest BCUT2D eigenvalue weighted by Gasteiger charge is -2.05. The van der Waals surface area contributed by atoms with Crippen LogP contribution in [0.4, 0.5) is 0 Å². The Hall–Kier alpha value is -0.770. The highest BCUT2D eigenvalue weighted by Gasteiger charge is 2.07. The summed E-state index contributed by atoms with van der Waals surface area (Å²) >= 11 is 17.2. The molecule has 1 heterocycles. The van der Waals surface area contributed by atoms with Gasteiger partial charge in [-0.2, -0.15) is 0 Å². The summed E-state index contributed by atoms with van der Waals surface area (Å²) in [5.41, 5.74) is 1.98. The Kier molecular flexibility index (Phi) is 3.61. The molecule has 1 aromatic heterocycles. The molecule has 0 amide bonds. The van der Waals surface area contributed by atoms with Crippen molar-refractivity contribution in [3.63, 3.8) is 0 Å². The molecular formula is C12H12Cl2N2S. The van der Waals surface area contributed by atoms with Crippen molar-refractivity contribution in [2.45, 2.75) is 19.8 Å². The van der Waals surface area contributed by atoms with Gasteiger partial charge in [0, 0.05) is 5.69 Å². The Balaban J connectivity index is 2.53. The van der Waals surface area contributed by atoms with Crippen molar-refractivity contribution in [2.75, 3.05) is 0 Å². The number of hydrogen-bond acceptors (Lipinski definition) is 1. The van der Waals surface area contributed by atoms with Gasteiger partial charge in [-0.15, -0.1) is 0 Å². The molecule has 0 bridgehead atoms. The molecule has 0 aliphatic rings. The Morgan fingerprint density at radius 3 is 2.41 bits per heavy atom. The zero-order valence-electron chi connectivity index (χ0n) is 9.50. The van der Waals surface area contributed by atoms with Gasteiger partial charge in [0.1, 0.15) is 4.64 Å². The number of hydrogen-bond donors (Lipinski definition) is 1. The largest absolute Gasteiger partial charge is 0.297 e. The second-order valence-electron chi connectivity index (χ2n) is 4.14. The molecule has 2 aromatic rings. The van der Waals surface area contributed by atoms with Crippen molar-refractivity contribution < 1.29 is 0 Å². The monoisotopic (exact) mass is 286 g/mol. The smallest absolute Gasteiger partial charge is 0.127 e. The number of benzene rings is 1. The number of aromatic nitrogens is 2. The second-order valence-corrected chi connectivity index (χ2v) is 5.37. The minimum Gasteiger partial charge on any atom is -0.297 e. The number of nitrogens with one attached hydrogen (secondary N) is 1. The molecule has 2 nitrogen and oxygen atoms in total. The Bertz CT molecular complexity index is 599. The lowest BCUT2D eigenvalue weighted by atomic mass is 10.1. The molecule has 0 aliphatic heterocycles. The van der Waals surface area contributed by atoms with Crippen LogP contribution in [0.1, 0.15) is 25.5 Å². The molecule has 0 radical (unpaired) electrons. The van der Waals surface area contributed by atoms with Crippen molar-refractivity contribution in [1.29, 1.82) is 0 Å². The fraction of sp³-hybridized carbons (Fsp3) is 0.250. The van der Waals surface area contributed by atoms with Crippen LogP contribution in [0, 0.1) is 4.64 Å². The van der Waals surface area contributed by atoms with Gasteiger partial charge in [-0.25, -0.2) is 4.68 Å². The van der Waals surface area contributed by atoms with E-state index in [1.807, 2.05) is 16.8 Å². The third kappa shape index (κ3) is 2.57. The van der Waals surface area contributed by atoms with Gasteiger partial charge in [0.15, 0.2) is 0 Å². The molecule has 0 unspecified atom stereocenters. The van der Waals surface area contributed by atoms with E-state index in [-0.39, 0.29) is 0 Å². The molecule has 17 heavy (non-hydrogen) atoms. The molecule has 0 saturated carbocycles. The molecule has 0 atom stereocenters. The topological polar surface area (TPSA) is 20.7 Å². The highest BCUT2D eigenvalue weighted by molar-refractivity contribution is 7.71. The van der Waals surface area contributed by atoms with Crippen LogP contribution in [0.2, 0.25) is 10.0 Å². The van der Waals surface area contributed by atoms with E-state index < -0.39 is 0 Å². The van der Waals surface area contributed by atoms with Crippen LogP contribution < -0.4 is 0 Å². The highest BCUT2D eigenvalue weighted by Crippen LogP contribution is 2.25. The Morgan fingerprint density at radius 2 is 1.88 bits per heavy atom. The molecule has 90 valence electrons. The quantitative estimate of drug-likeness (QED) is 0.774. The van der Waals surface area contributed by atoms with Crippen molar-refractivity contribution in [3.8, 4) is 5.69 Å². The molecule has 0 aliphatic carbocycles. The van der Waals surface area contributed by atoms with E-state index in [2.05, 4.69) is 18.9 Å². The lowest BCUT2D eigenvalue weighted by molar-refractivity contribution is 0.765. The SMILES string of the molecule is CC(C)c1cc(=S)n(-c2ccc(Cl)c(Cl)c2)[nH]1. The van der Waals surface area contributed by atoms with E-state index in [1.54, 1.807) is 12.1 Å². The molecule has 0 fully saturated rings. The summed E-state index contributed by atoms with van der Waals surface area (Å²) in [5, 5.41) is 4.31. The van der Waals surface area contributed by atoms with E-state index in [0.717, 1.165) is 16.0 Å².